The van der Waals surface area contributed by atoms with Crippen LogP contribution in [0.25, 0.3) is 0 Å². The first-order valence-corrected chi connectivity index (χ1v) is 12.6. The lowest BCUT2D eigenvalue weighted by Gasteiger charge is -2.46. The van der Waals surface area contributed by atoms with Crippen molar-refractivity contribution in [3.05, 3.63) is 60.7 Å². The van der Waals surface area contributed by atoms with Crippen molar-refractivity contribution in [2.24, 2.45) is 0 Å². The smallest absolute Gasteiger partial charge is 0.331 e. The van der Waals surface area contributed by atoms with Crippen molar-refractivity contribution in [2.45, 2.75) is 50.9 Å². The average molecular weight is 459 g/mol. The number of carbonyl (C=O) groups is 2. The standard InChI is InChI=1S/C24H34N2O5Si/c1-17(28)21(23(30)31-5)25-22(29)20(16-27)26-32(24(2,3)4,18-12-8-6-9-13-18)19-14-10-7-11-15-19/h6-15,17,20-21,26-28H,16H2,1-5H3,(H,25,29)/t17-,20+,21+/m1/s1. The number of nitrogens with one attached hydrogen (secondary N) is 2. The van der Waals surface area contributed by atoms with Crippen LogP contribution in [0.1, 0.15) is 27.7 Å². The van der Waals surface area contributed by atoms with Gasteiger partial charge >= 0.3 is 5.97 Å². The second-order valence-corrected chi connectivity index (χ2v) is 13.3. The third kappa shape index (κ3) is 5.45. The molecule has 2 rings (SSSR count). The molecule has 3 atom stereocenters. The van der Waals surface area contributed by atoms with Crippen molar-refractivity contribution in [1.29, 1.82) is 0 Å². The molecule has 0 saturated heterocycles. The summed E-state index contributed by atoms with van der Waals surface area (Å²) in [6.07, 6.45) is -1.15. The van der Waals surface area contributed by atoms with E-state index in [4.69, 9.17) is 4.74 Å². The maximum Gasteiger partial charge on any atom is 0.331 e. The summed E-state index contributed by atoms with van der Waals surface area (Å²) in [6.45, 7) is 7.26. The van der Waals surface area contributed by atoms with Gasteiger partial charge in [-0.2, -0.15) is 0 Å². The van der Waals surface area contributed by atoms with E-state index in [0.29, 0.717) is 0 Å². The van der Waals surface area contributed by atoms with Crippen molar-refractivity contribution in [1.82, 2.24) is 10.3 Å². The number of esters is 1. The topological polar surface area (TPSA) is 108 Å². The molecule has 2 aromatic rings. The van der Waals surface area contributed by atoms with Crippen LogP contribution in [0.15, 0.2) is 60.7 Å². The van der Waals surface area contributed by atoms with Gasteiger partial charge in [-0.05, 0) is 22.3 Å². The van der Waals surface area contributed by atoms with Gasteiger partial charge in [-0.1, -0.05) is 81.4 Å². The van der Waals surface area contributed by atoms with Gasteiger partial charge in [0.25, 0.3) is 0 Å². The normalized spacial score (nSPS) is 14.8. The summed E-state index contributed by atoms with van der Waals surface area (Å²) in [7, 11) is -1.67. The number of aliphatic hydroxyl groups is 2. The number of rotatable bonds is 9. The van der Waals surface area contributed by atoms with Crippen LogP contribution in [0.5, 0.6) is 0 Å². The Kier molecular flexibility index (Phi) is 8.74. The lowest BCUT2D eigenvalue weighted by Crippen LogP contribution is -2.77. The Morgan fingerprint density at radius 2 is 1.47 bits per heavy atom. The summed E-state index contributed by atoms with van der Waals surface area (Å²) in [6, 6.07) is 17.6. The molecule has 32 heavy (non-hydrogen) atoms. The summed E-state index contributed by atoms with van der Waals surface area (Å²) in [5, 5.41) is 24.5. The molecule has 8 heteroatoms. The van der Waals surface area contributed by atoms with Gasteiger partial charge in [0.1, 0.15) is 6.04 Å². The van der Waals surface area contributed by atoms with Gasteiger partial charge in [-0.15, -0.1) is 0 Å². The zero-order valence-electron chi connectivity index (χ0n) is 19.3. The van der Waals surface area contributed by atoms with E-state index >= 15 is 0 Å². The minimum Gasteiger partial charge on any atom is -0.467 e. The number of aliphatic hydroxyl groups excluding tert-OH is 2. The first kappa shape index (κ1) is 25.7. The molecular weight excluding hydrogens is 424 g/mol. The zero-order valence-corrected chi connectivity index (χ0v) is 20.3. The Hall–Kier alpha value is -2.52. The highest BCUT2D eigenvalue weighted by atomic mass is 28.3. The second-order valence-electron chi connectivity index (χ2n) is 8.86. The van der Waals surface area contributed by atoms with E-state index in [-0.39, 0.29) is 5.04 Å². The molecule has 0 aliphatic heterocycles. The van der Waals surface area contributed by atoms with E-state index in [9.17, 15) is 19.8 Å². The Bertz CT molecular complexity index is 845. The molecule has 0 heterocycles. The SMILES string of the molecule is COC(=O)[C@@H](NC(=O)[C@H](CO)N[Si](c1ccccc1)(c1ccccc1)C(C)(C)C)[C@@H](C)O. The molecule has 0 radical (unpaired) electrons. The van der Waals surface area contributed by atoms with Crippen LogP contribution in [-0.2, 0) is 14.3 Å². The molecule has 174 valence electrons. The summed E-state index contributed by atoms with van der Waals surface area (Å²) in [5.74, 6) is -1.34. The van der Waals surface area contributed by atoms with Gasteiger partial charge in [0.15, 0.2) is 14.3 Å². The lowest BCUT2D eigenvalue weighted by molar-refractivity contribution is -0.148. The molecule has 0 aromatic heterocycles. The molecule has 0 fully saturated rings. The Labute approximate surface area is 190 Å². The van der Waals surface area contributed by atoms with Crippen molar-refractivity contribution < 1.29 is 24.5 Å². The molecule has 7 nitrogen and oxygen atoms in total. The average Bonchev–Trinajstić information content (AvgIpc) is 2.77. The fourth-order valence-electron chi connectivity index (χ4n) is 4.00. The highest BCUT2D eigenvalue weighted by Gasteiger charge is 2.50. The molecule has 0 saturated carbocycles. The minimum atomic E-state index is -2.86. The Morgan fingerprint density at radius 1 is 1.00 bits per heavy atom. The molecule has 0 unspecified atom stereocenters. The van der Waals surface area contributed by atoms with Crippen LogP contribution in [0.3, 0.4) is 0 Å². The fraction of sp³-hybridized carbons (Fsp3) is 0.417. The first-order chi connectivity index (χ1) is 15.1. The van der Waals surface area contributed by atoms with E-state index in [2.05, 4.69) is 31.1 Å². The number of hydrogen-bond acceptors (Lipinski definition) is 6. The predicted molar refractivity (Wildman–Crippen MR) is 127 cm³/mol. The summed E-state index contributed by atoms with van der Waals surface area (Å²) in [5.41, 5.74) is 0. The molecular formula is C24H34N2O5Si. The van der Waals surface area contributed by atoms with E-state index < -0.39 is 44.9 Å². The summed E-state index contributed by atoms with van der Waals surface area (Å²) in [4.78, 5) is 28.7. The third-order valence-electron chi connectivity index (χ3n) is 5.66. The van der Waals surface area contributed by atoms with Gasteiger partial charge in [-0.25, -0.2) is 4.79 Å². The van der Waals surface area contributed by atoms with Crippen LogP contribution < -0.4 is 20.7 Å². The van der Waals surface area contributed by atoms with Crippen LogP contribution in [0, 0.1) is 0 Å². The number of ether oxygens (including phenoxy) is 1. The summed E-state index contributed by atoms with van der Waals surface area (Å²) < 4.78 is 4.69. The highest BCUT2D eigenvalue weighted by molar-refractivity contribution is 7.02. The molecule has 0 aliphatic rings. The fourth-order valence-corrected chi connectivity index (χ4v) is 8.97. The molecule has 0 spiro atoms. The number of hydrogen-bond donors (Lipinski definition) is 4. The largest absolute Gasteiger partial charge is 0.467 e. The number of carbonyl (C=O) groups excluding carboxylic acids is 2. The maximum atomic E-state index is 13.1. The quantitative estimate of drug-likeness (QED) is 0.323. The molecule has 0 aliphatic carbocycles. The Balaban J connectivity index is 2.55. The van der Waals surface area contributed by atoms with Gasteiger partial charge in [0.05, 0.1) is 19.8 Å². The summed E-state index contributed by atoms with van der Waals surface area (Å²) >= 11 is 0. The second kappa shape index (κ2) is 10.9. The molecule has 1 amide bonds. The monoisotopic (exact) mass is 458 g/mol. The van der Waals surface area contributed by atoms with E-state index in [1.807, 2.05) is 60.7 Å². The Morgan fingerprint density at radius 3 is 1.81 bits per heavy atom. The first-order valence-electron chi connectivity index (χ1n) is 10.6. The highest BCUT2D eigenvalue weighted by Crippen LogP contribution is 2.34. The molecule has 0 bridgehead atoms. The van der Waals surface area contributed by atoms with Crippen molar-refractivity contribution in [3.8, 4) is 0 Å². The van der Waals surface area contributed by atoms with E-state index in [1.54, 1.807) is 0 Å². The van der Waals surface area contributed by atoms with Gasteiger partial charge in [0.2, 0.25) is 5.91 Å². The molecule has 2 aromatic carbocycles. The minimum absolute atomic E-state index is 0.296. The van der Waals surface area contributed by atoms with Crippen LogP contribution in [0.2, 0.25) is 5.04 Å². The van der Waals surface area contributed by atoms with Crippen molar-refractivity contribution in [3.63, 3.8) is 0 Å². The van der Waals surface area contributed by atoms with Gasteiger partial charge in [0, 0.05) is 0 Å². The zero-order chi connectivity index (χ0) is 23.9. The van der Waals surface area contributed by atoms with E-state index in [0.717, 1.165) is 10.4 Å². The third-order valence-corrected chi connectivity index (χ3v) is 11.1. The van der Waals surface area contributed by atoms with Gasteiger partial charge < -0.3 is 25.2 Å². The van der Waals surface area contributed by atoms with Crippen molar-refractivity contribution in [2.75, 3.05) is 13.7 Å². The van der Waals surface area contributed by atoms with E-state index in [1.165, 1.54) is 14.0 Å². The maximum absolute atomic E-state index is 13.1. The van der Waals surface area contributed by atoms with Crippen LogP contribution in [-0.4, -0.2) is 62.2 Å². The predicted octanol–water partition coefficient (Wildman–Crippen LogP) is 0.536. The van der Waals surface area contributed by atoms with Crippen LogP contribution >= 0.6 is 0 Å². The number of methoxy groups -OCH3 is 1. The van der Waals surface area contributed by atoms with Crippen LogP contribution in [0.4, 0.5) is 0 Å². The van der Waals surface area contributed by atoms with Gasteiger partial charge in [-0.3, -0.25) is 4.79 Å². The molecule has 4 N–H and O–H groups in total. The lowest BCUT2D eigenvalue weighted by atomic mass is 10.1. The van der Waals surface area contributed by atoms with Crippen molar-refractivity contribution >= 4 is 30.5 Å². The number of amides is 1. The number of benzene rings is 2.